The molecule has 9 heteroatoms. The molecule has 0 aliphatic carbocycles. The lowest BCUT2D eigenvalue weighted by Crippen LogP contribution is -2.38. The molecule has 0 bridgehead atoms. The number of amides is 1. The maximum absolute atomic E-state index is 13.2. The fourth-order valence-electron chi connectivity index (χ4n) is 4.09. The number of esters is 1. The average molecular weight is 501 g/mol. The first kappa shape index (κ1) is 26.2. The van der Waals surface area contributed by atoms with Gasteiger partial charge in [-0.05, 0) is 49.0 Å². The fraction of sp³-hybridized carbons (Fsp3) is 0.346. The molecular formula is C26H29ClN2O6. The first-order valence-electron chi connectivity index (χ1n) is 11.3. The Morgan fingerprint density at radius 1 is 1.11 bits per heavy atom. The van der Waals surface area contributed by atoms with Crippen LogP contribution in [0.25, 0.3) is 5.76 Å². The summed E-state index contributed by atoms with van der Waals surface area (Å²) in [5.41, 5.74) is 0.871. The topological polar surface area (TPSA) is 96.4 Å². The largest absolute Gasteiger partial charge is 0.507 e. The van der Waals surface area contributed by atoms with Gasteiger partial charge in [0, 0.05) is 25.6 Å². The van der Waals surface area contributed by atoms with Gasteiger partial charge in [-0.1, -0.05) is 37.6 Å². The molecule has 1 heterocycles. The second kappa shape index (κ2) is 11.4. The van der Waals surface area contributed by atoms with E-state index in [0.717, 1.165) is 13.1 Å². The van der Waals surface area contributed by atoms with Crippen LogP contribution < -0.4 is 9.47 Å². The molecule has 1 N–H and O–H groups in total. The van der Waals surface area contributed by atoms with Gasteiger partial charge >= 0.3 is 5.97 Å². The zero-order valence-electron chi connectivity index (χ0n) is 20.2. The van der Waals surface area contributed by atoms with Crippen molar-refractivity contribution in [2.24, 2.45) is 0 Å². The van der Waals surface area contributed by atoms with Gasteiger partial charge in [-0.3, -0.25) is 14.4 Å². The summed E-state index contributed by atoms with van der Waals surface area (Å²) in [5.74, 6) is -1.58. The van der Waals surface area contributed by atoms with Crippen LogP contribution >= 0.6 is 11.6 Å². The normalized spacial score (nSPS) is 17.2. The Labute approximate surface area is 209 Å². The van der Waals surface area contributed by atoms with Crippen LogP contribution in [0.1, 0.15) is 37.9 Å². The average Bonchev–Trinajstić information content (AvgIpc) is 3.09. The number of methoxy groups -OCH3 is 1. The summed E-state index contributed by atoms with van der Waals surface area (Å²) in [6.45, 7) is 7.81. The van der Waals surface area contributed by atoms with Crippen LogP contribution in [0.15, 0.2) is 48.0 Å². The van der Waals surface area contributed by atoms with Gasteiger partial charge < -0.3 is 24.4 Å². The molecular weight excluding hydrogens is 472 g/mol. The molecule has 1 aliphatic rings. The van der Waals surface area contributed by atoms with Crippen molar-refractivity contribution in [2.75, 3.05) is 33.3 Å². The van der Waals surface area contributed by atoms with Crippen molar-refractivity contribution in [1.82, 2.24) is 9.80 Å². The Kier molecular flexibility index (Phi) is 8.53. The number of hydrogen-bond donors (Lipinski definition) is 1. The minimum atomic E-state index is -0.821. The lowest BCUT2D eigenvalue weighted by molar-refractivity contribution is -0.140. The quantitative estimate of drug-likeness (QED) is 0.182. The summed E-state index contributed by atoms with van der Waals surface area (Å²) >= 11 is 6.12. The van der Waals surface area contributed by atoms with E-state index in [0.29, 0.717) is 40.7 Å². The number of rotatable bonds is 9. The number of aliphatic hydroxyl groups is 1. The summed E-state index contributed by atoms with van der Waals surface area (Å²) in [6.07, 6.45) is 0. The highest BCUT2D eigenvalue weighted by Gasteiger charge is 2.46. The van der Waals surface area contributed by atoms with Gasteiger partial charge in [0.1, 0.15) is 17.3 Å². The number of Topliss-reactive ketones (excluding diaryl/α,β-unsaturated/α-hetero) is 1. The van der Waals surface area contributed by atoms with E-state index in [2.05, 4.69) is 4.90 Å². The van der Waals surface area contributed by atoms with Gasteiger partial charge in [0.15, 0.2) is 0 Å². The lowest BCUT2D eigenvalue weighted by atomic mass is 9.95. The SMILES string of the molecule is CCN(CC)CCN1C(=O)C(=O)/C(=C(\O)c2ccc(Cl)c(OC)c2)C1c1ccc(OC(C)=O)cc1. The summed E-state index contributed by atoms with van der Waals surface area (Å²) < 4.78 is 10.3. The summed E-state index contributed by atoms with van der Waals surface area (Å²) in [4.78, 5) is 41.2. The molecule has 2 aromatic carbocycles. The highest BCUT2D eigenvalue weighted by Crippen LogP contribution is 2.40. The summed E-state index contributed by atoms with van der Waals surface area (Å²) in [5, 5.41) is 11.6. The number of benzene rings is 2. The van der Waals surface area contributed by atoms with E-state index in [-0.39, 0.29) is 11.3 Å². The van der Waals surface area contributed by atoms with E-state index in [9.17, 15) is 19.5 Å². The van der Waals surface area contributed by atoms with Crippen LogP contribution in [0.5, 0.6) is 11.5 Å². The molecule has 2 aromatic rings. The summed E-state index contributed by atoms with van der Waals surface area (Å²) in [6, 6.07) is 10.3. The molecule has 0 saturated carbocycles. The third-order valence-corrected chi connectivity index (χ3v) is 6.29. The van der Waals surface area contributed by atoms with E-state index >= 15 is 0 Å². The zero-order chi connectivity index (χ0) is 25.7. The van der Waals surface area contributed by atoms with Crippen LogP contribution in [0.3, 0.4) is 0 Å². The van der Waals surface area contributed by atoms with Gasteiger partial charge in [0.2, 0.25) is 0 Å². The molecule has 0 aromatic heterocycles. The maximum Gasteiger partial charge on any atom is 0.308 e. The van der Waals surface area contributed by atoms with Crippen LogP contribution in [-0.4, -0.2) is 65.9 Å². The van der Waals surface area contributed by atoms with E-state index in [1.807, 2.05) is 13.8 Å². The van der Waals surface area contributed by atoms with Crippen molar-refractivity contribution in [3.8, 4) is 11.5 Å². The van der Waals surface area contributed by atoms with Crippen molar-refractivity contribution in [3.63, 3.8) is 0 Å². The van der Waals surface area contributed by atoms with E-state index in [1.54, 1.807) is 36.4 Å². The number of ether oxygens (including phenoxy) is 2. The van der Waals surface area contributed by atoms with Gasteiger partial charge in [0.05, 0.1) is 23.7 Å². The first-order valence-corrected chi connectivity index (χ1v) is 11.7. The van der Waals surface area contributed by atoms with Crippen LogP contribution in [-0.2, 0) is 14.4 Å². The molecule has 1 atom stereocenters. The van der Waals surface area contributed by atoms with E-state index in [1.165, 1.54) is 25.0 Å². The molecule has 1 amide bonds. The predicted octanol–water partition coefficient (Wildman–Crippen LogP) is 4.04. The molecule has 1 saturated heterocycles. The highest BCUT2D eigenvalue weighted by atomic mass is 35.5. The molecule has 35 heavy (non-hydrogen) atoms. The molecule has 8 nitrogen and oxygen atoms in total. The predicted molar refractivity (Wildman–Crippen MR) is 133 cm³/mol. The third-order valence-electron chi connectivity index (χ3n) is 5.97. The molecule has 0 spiro atoms. The monoisotopic (exact) mass is 500 g/mol. The number of likely N-dealkylation sites (N-methyl/N-ethyl adjacent to an activating group) is 1. The second-order valence-corrected chi connectivity index (χ2v) is 8.44. The highest BCUT2D eigenvalue weighted by molar-refractivity contribution is 6.46. The van der Waals surface area contributed by atoms with Gasteiger partial charge in [-0.25, -0.2) is 0 Å². The third kappa shape index (κ3) is 5.66. The van der Waals surface area contributed by atoms with Crippen LogP contribution in [0.2, 0.25) is 5.02 Å². The van der Waals surface area contributed by atoms with Gasteiger partial charge in [-0.2, -0.15) is 0 Å². The Hall–Kier alpha value is -3.36. The van der Waals surface area contributed by atoms with Crippen molar-refractivity contribution < 1.29 is 29.0 Å². The van der Waals surface area contributed by atoms with Crippen molar-refractivity contribution in [3.05, 3.63) is 64.2 Å². The Balaban J connectivity index is 2.11. The smallest absolute Gasteiger partial charge is 0.308 e. The minimum Gasteiger partial charge on any atom is -0.507 e. The Morgan fingerprint density at radius 2 is 1.77 bits per heavy atom. The number of carbonyl (C=O) groups is 3. The molecule has 1 aliphatic heterocycles. The number of nitrogens with zero attached hydrogens (tertiary/aromatic N) is 2. The standard InChI is InChI=1S/C26H29ClN2O6/c1-5-28(6-2)13-14-29-23(17-7-10-19(11-8-17)35-16(3)30)22(25(32)26(29)33)24(31)18-9-12-20(27)21(15-18)34-4/h7-12,15,23,31H,5-6,13-14H2,1-4H3/b24-22-. The number of ketones is 1. The molecule has 3 rings (SSSR count). The second-order valence-electron chi connectivity index (χ2n) is 8.03. The zero-order valence-corrected chi connectivity index (χ0v) is 21.0. The van der Waals surface area contributed by atoms with Crippen molar-refractivity contribution in [1.29, 1.82) is 0 Å². The van der Waals surface area contributed by atoms with Crippen molar-refractivity contribution >= 4 is 35.0 Å². The lowest BCUT2D eigenvalue weighted by Gasteiger charge is -2.28. The van der Waals surface area contributed by atoms with Gasteiger partial charge in [0.25, 0.3) is 11.7 Å². The number of halogens is 1. The minimum absolute atomic E-state index is 0.0286. The van der Waals surface area contributed by atoms with Crippen LogP contribution in [0, 0.1) is 0 Å². The fourth-order valence-corrected chi connectivity index (χ4v) is 4.29. The number of aliphatic hydroxyl groups excluding tert-OH is 1. The van der Waals surface area contributed by atoms with Gasteiger partial charge in [-0.15, -0.1) is 0 Å². The number of carbonyl (C=O) groups excluding carboxylic acids is 3. The molecule has 1 fully saturated rings. The first-order chi connectivity index (χ1) is 16.7. The Bertz CT molecular complexity index is 1140. The number of likely N-dealkylation sites (tertiary alicyclic amines) is 1. The van der Waals surface area contributed by atoms with Crippen LogP contribution in [0.4, 0.5) is 0 Å². The van der Waals surface area contributed by atoms with E-state index in [4.69, 9.17) is 21.1 Å². The molecule has 0 radical (unpaired) electrons. The summed E-state index contributed by atoms with van der Waals surface area (Å²) in [7, 11) is 1.45. The van der Waals surface area contributed by atoms with Crippen molar-refractivity contribution in [2.45, 2.75) is 26.8 Å². The molecule has 1 unspecified atom stereocenters. The Morgan fingerprint density at radius 3 is 2.34 bits per heavy atom. The molecule has 186 valence electrons. The van der Waals surface area contributed by atoms with E-state index < -0.39 is 23.7 Å². The number of hydrogen-bond acceptors (Lipinski definition) is 7. The maximum atomic E-state index is 13.2.